The molecular weight excluding hydrogens is 437 g/mol. The van der Waals surface area contributed by atoms with Crippen molar-refractivity contribution in [3.05, 3.63) is 94.0 Å². The standard InChI is InChI=1S/C30H40NO2P/c1-21-16-26(28(33-20-32-7)27(17-21)30(4,5)6)23(3)34-29-22(2)12-11-15-25(29)19-31-18-24-13-9-8-10-14-24/h8-17,23,31,34H,18-20H2,1-7H3. The average Bonchev–Trinajstić information content (AvgIpc) is 2.80. The van der Waals surface area contributed by atoms with Crippen molar-refractivity contribution in [2.24, 2.45) is 0 Å². The van der Waals surface area contributed by atoms with Crippen LogP contribution in [0.2, 0.25) is 0 Å². The quantitative estimate of drug-likeness (QED) is 0.253. The van der Waals surface area contributed by atoms with Gasteiger partial charge in [-0.25, -0.2) is 0 Å². The highest BCUT2D eigenvalue weighted by atomic mass is 31.1. The van der Waals surface area contributed by atoms with E-state index in [2.05, 4.69) is 108 Å². The summed E-state index contributed by atoms with van der Waals surface area (Å²) in [6.45, 7) is 15.5. The second kappa shape index (κ2) is 12.0. The summed E-state index contributed by atoms with van der Waals surface area (Å²) in [5.41, 5.74) is 8.15. The number of aryl methyl sites for hydroxylation is 2. The number of nitrogens with one attached hydrogen (secondary N) is 1. The van der Waals surface area contributed by atoms with Crippen LogP contribution < -0.4 is 15.4 Å². The van der Waals surface area contributed by atoms with E-state index >= 15 is 0 Å². The maximum Gasteiger partial charge on any atom is 0.188 e. The molecule has 0 saturated heterocycles. The Morgan fingerprint density at radius 2 is 1.68 bits per heavy atom. The summed E-state index contributed by atoms with van der Waals surface area (Å²) >= 11 is 0. The van der Waals surface area contributed by atoms with E-state index in [4.69, 9.17) is 9.47 Å². The topological polar surface area (TPSA) is 30.5 Å². The molecule has 0 aromatic heterocycles. The van der Waals surface area contributed by atoms with Crippen LogP contribution in [-0.4, -0.2) is 13.9 Å². The molecule has 3 aromatic rings. The molecule has 0 spiro atoms. The lowest BCUT2D eigenvalue weighted by Gasteiger charge is -2.28. The minimum absolute atomic E-state index is 0.0120. The number of ether oxygens (including phenoxy) is 2. The first kappa shape index (κ1) is 26.4. The van der Waals surface area contributed by atoms with Gasteiger partial charge in [0.15, 0.2) is 6.79 Å². The molecule has 2 atom stereocenters. The Kier molecular flexibility index (Phi) is 9.31. The molecule has 0 saturated carbocycles. The molecule has 2 unspecified atom stereocenters. The van der Waals surface area contributed by atoms with E-state index in [9.17, 15) is 0 Å². The Hall–Kier alpha value is -2.19. The monoisotopic (exact) mass is 477 g/mol. The first-order valence-electron chi connectivity index (χ1n) is 12.1. The molecule has 0 radical (unpaired) electrons. The molecule has 3 rings (SSSR count). The zero-order chi connectivity index (χ0) is 24.7. The second-order valence-corrected chi connectivity index (χ2v) is 11.8. The van der Waals surface area contributed by atoms with Gasteiger partial charge in [0.25, 0.3) is 0 Å². The summed E-state index contributed by atoms with van der Waals surface area (Å²) in [5.74, 6) is 0.984. The van der Waals surface area contributed by atoms with Crippen LogP contribution in [0.1, 0.15) is 66.7 Å². The molecule has 3 nitrogen and oxygen atoms in total. The third kappa shape index (κ3) is 6.92. The van der Waals surface area contributed by atoms with Crippen molar-refractivity contribution in [2.45, 2.75) is 65.7 Å². The van der Waals surface area contributed by atoms with E-state index in [1.807, 2.05) is 0 Å². The van der Waals surface area contributed by atoms with Crippen LogP contribution >= 0.6 is 8.58 Å². The Labute approximate surface area is 208 Å². The van der Waals surface area contributed by atoms with Crippen LogP contribution in [0.5, 0.6) is 5.75 Å². The fourth-order valence-electron chi connectivity index (χ4n) is 4.27. The van der Waals surface area contributed by atoms with Crippen LogP contribution in [0.15, 0.2) is 60.7 Å². The van der Waals surface area contributed by atoms with E-state index in [1.54, 1.807) is 7.11 Å². The second-order valence-electron chi connectivity index (χ2n) is 10.1. The minimum Gasteiger partial charge on any atom is -0.467 e. The number of methoxy groups -OCH3 is 1. The first-order valence-corrected chi connectivity index (χ1v) is 13.1. The molecule has 182 valence electrons. The van der Waals surface area contributed by atoms with Gasteiger partial charge in [-0.2, -0.15) is 0 Å². The third-order valence-electron chi connectivity index (χ3n) is 6.06. The number of hydrogen-bond donors (Lipinski definition) is 1. The van der Waals surface area contributed by atoms with Crippen molar-refractivity contribution in [3.8, 4) is 5.75 Å². The van der Waals surface area contributed by atoms with Gasteiger partial charge < -0.3 is 14.8 Å². The van der Waals surface area contributed by atoms with Crippen LogP contribution in [0.4, 0.5) is 0 Å². The van der Waals surface area contributed by atoms with Crippen LogP contribution in [0, 0.1) is 13.8 Å². The Bertz CT molecular complexity index is 1070. The lowest BCUT2D eigenvalue weighted by Crippen LogP contribution is -2.19. The van der Waals surface area contributed by atoms with Gasteiger partial charge in [0.1, 0.15) is 5.75 Å². The van der Waals surface area contributed by atoms with E-state index < -0.39 is 0 Å². The van der Waals surface area contributed by atoms with E-state index in [0.29, 0.717) is 14.2 Å². The van der Waals surface area contributed by atoms with Crippen molar-refractivity contribution in [1.82, 2.24) is 5.32 Å². The zero-order valence-corrected chi connectivity index (χ0v) is 22.8. The lowest BCUT2D eigenvalue weighted by atomic mass is 9.83. The van der Waals surface area contributed by atoms with Gasteiger partial charge in [-0.3, -0.25) is 0 Å². The summed E-state index contributed by atoms with van der Waals surface area (Å²) in [6.07, 6.45) is 0. The van der Waals surface area contributed by atoms with Crippen LogP contribution in [-0.2, 0) is 23.2 Å². The molecule has 0 aliphatic heterocycles. The highest BCUT2D eigenvalue weighted by molar-refractivity contribution is 7.47. The first-order chi connectivity index (χ1) is 16.2. The number of benzene rings is 3. The number of rotatable bonds is 10. The zero-order valence-electron chi connectivity index (χ0n) is 21.8. The molecule has 0 aliphatic carbocycles. The van der Waals surface area contributed by atoms with Crippen LogP contribution in [0.3, 0.4) is 0 Å². The summed E-state index contributed by atoms with van der Waals surface area (Å²) in [4.78, 5) is 0. The predicted octanol–water partition coefficient (Wildman–Crippen LogP) is 6.94. The Morgan fingerprint density at radius 3 is 2.35 bits per heavy atom. The van der Waals surface area contributed by atoms with Crippen molar-refractivity contribution in [2.75, 3.05) is 13.9 Å². The molecular formula is C30H40NO2P. The average molecular weight is 478 g/mol. The lowest BCUT2D eigenvalue weighted by molar-refractivity contribution is 0.0491. The highest BCUT2D eigenvalue weighted by Crippen LogP contribution is 2.44. The normalized spacial score (nSPS) is 12.9. The van der Waals surface area contributed by atoms with Gasteiger partial charge in [0.05, 0.1) is 0 Å². The van der Waals surface area contributed by atoms with Crippen molar-refractivity contribution >= 4 is 13.9 Å². The maximum atomic E-state index is 6.20. The summed E-state index contributed by atoms with van der Waals surface area (Å²) in [7, 11) is 2.33. The van der Waals surface area contributed by atoms with Gasteiger partial charge in [-0.15, -0.1) is 0 Å². The fraction of sp³-hybridized carbons (Fsp3) is 0.400. The van der Waals surface area contributed by atoms with E-state index in [0.717, 1.165) is 18.8 Å². The molecule has 0 amide bonds. The van der Waals surface area contributed by atoms with Gasteiger partial charge in [0, 0.05) is 37.0 Å². The molecule has 3 aromatic carbocycles. The predicted molar refractivity (Wildman–Crippen MR) is 147 cm³/mol. The summed E-state index contributed by atoms with van der Waals surface area (Å²) in [5, 5.41) is 5.09. The fourth-order valence-corrected chi connectivity index (χ4v) is 5.74. The smallest absolute Gasteiger partial charge is 0.188 e. The molecule has 4 heteroatoms. The maximum absolute atomic E-state index is 6.20. The van der Waals surface area contributed by atoms with Gasteiger partial charge in [-0.1, -0.05) is 103 Å². The third-order valence-corrected chi connectivity index (χ3v) is 7.81. The SMILES string of the molecule is COCOc1c(C(C)Pc2c(C)cccc2CNCc2ccccc2)cc(C)cc1C(C)(C)C. The Balaban J connectivity index is 1.88. The van der Waals surface area contributed by atoms with E-state index in [-0.39, 0.29) is 12.2 Å². The molecule has 0 heterocycles. The summed E-state index contributed by atoms with van der Waals surface area (Å²) < 4.78 is 11.5. The van der Waals surface area contributed by atoms with Crippen molar-refractivity contribution in [3.63, 3.8) is 0 Å². The van der Waals surface area contributed by atoms with Gasteiger partial charge in [-0.05, 0) is 41.3 Å². The summed E-state index contributed by atoms with van der Waals surface area (Å²) in [6, 6.07) is 21.8. The molecule has 0 bridgehead atoms. The van der Waals surface area contributed by atoms with Crippen molar-refractivity contribution < 1.29 is 9.47 Å². The molecule has 0 fully saturated rings. The van der Waals surface area contributed by atoms with Gasteiger partial charge in [0.2, 0.25) is 0 Å². The molecule has 34 heavy (non-hydrogen) atoms. The van der Waals surface area contributed by atoms with Gasteiger partial charge >= 0.3 is 0 Å². The molecule has 0 aliphatic rings. The number of hydrogen-bond acceptors (Lipinski definition) is 3. The van der Waals surface area contributed by atoms with Crippen LogP contribution in [0.25, 0.3) is 0 Å². The largest absolute Gasteiger partial charge is 0.467 e. The highest BCUT2D eigenvalue weighted by Gasteiger charge is 2.25. The Morgan fingerprint density at radius 1 is 0.941 bits per heavy atom. The minimum atomic E-state index is -0.0120. The molecule has 1 N–H and O–H groups in total. The van der Waals surface area contributed by atoms with E-state index in [1.165, 1.54) is 38.7 Å². The van der Waals surface area contributed by atoms with Crippen molar-refractivity contribution in [1.29, 1.82) is 0 Å².